The lowest BCUT2D eigenvalue weighted by molar-refractivity contribution is -0.124. The summed E-state index contributed by atoms with van der Waals surface area (Å²) in [4.78, 5) is 31.8. The number of carbonyl (C=O) groups excluding carboxylic acids is 2. The van der Waals surface area contributed by atoms with E-state index in [2.05, 4.69) is 10.5 Å². The predicted molar refractivity (Wildman–Crippen MR) is 106 cm³/mol. The number of rotatable bonds is 6. The Bertz CT molecular complexity index is 850. The van der Waals surface area contributed by atoms with Crippen LogP contribution in [0.25, 0.3) is 11.1 Å². The van der Waals surface area contributed by atoms with Gasteiger partial charge >= 0.3 is 0 Å². The van der Waals surface area contributed by atoms with Crippen LogP contribution in [0.1, 0.15) is 16.8 Å². The molecule has 0 unspecified atom stereocenters. The molecule has 7 heteroatoms. The van der Waals surface area contributed by atoms with E-state index < -0.39 is 6.04 Å². The summed E-state index contributed by atoms with van der Waals surface area (Å²) in [6.07, 6.45) is 0.305. The van der Waals surface area contributed by atoms with E-state index in [0.29, 0.717) is 17.7 Å². The van der Waals surface area contributed by atoms with Crippen LogP contribution >= 0.6 is 0 Å². The van der Waals surface area contributed by atoms with E-state index in [0.717, 1.165) is 11.1 Å². The van der Waals surface area contributed by atoms with Crippen molar-refractivity contribution in [3.63, 3.8) is 0 Å². The number of aliphatic hydroxyl groups excluding tert-OH is 1. The van der Waals surface area contributed by atoms with E-state index in [-0.39, 0.29) is 31.5 Å². The molecule has 3 rings (SSSR count). The number of likely N-dealkylation sites (tertiary alicyclic amines) is 1. The molecular weight excluding hydrogens is 358 g/mol. The third-order valence-corrected chi connectivity index (χ3v) is 4.59. The van der Waals surface area contributed by atoms with Gasteiger partial charge in [0.1, 0.15) is 13.2 Å². The van der Waals surface area contributed by atoms with Gasteiger partial charge in [0.25, 0.3) is 5.91 Å². The Morgan fingerprint density at radius 3 is 2.46 bits per heavy atom. The number of nitrogens with zero attached hydrogens (tertiary/aromatic N) is 2. The molecule has 1 aliphatic heterocycles. The Morgan fingerprint density at radius 1 is 1.14 bits per heavy atom. The molecule has 2 aromatic rings. The molecule has 1 saturated heterocycles. The normalized spacial score (nSPS) is 17.6. The molecule has 7 nitrogen and oxygen atoms in total. The fourth-order valence-electron chi connectivity index (χ4n) is 3.25. The molecule has 2 amide bonds. The number of carbonyl (C=O) groups is 2. The van der Waals surface area contributed by atoms with Gasteiger partial charge in [0.05, 0.1) is 18.9 Å². The Balaban J connectivity index is 1.80. The summed E-state index contributed by atoms with van der Waals surface area (Å²) < 4.78 is 0. The van der Waals surface area contributed by atoms with E-state index >= 15 is 0 Å². The SMILES string of the molecule is CON=C1C[C@@H](C(=O)NCCO)N(C(=O)c2ccc(-c3ccccc3)cc2)C1. The quantitative estimate of drug-likeness (QED) is 0.745. The fraction of sp³-hybridized carbons (Fsp3) is 0.286. The summed E-state index contributed by atoms with van der Waals surface area (Å²) in [5.74, 6) is -0.560. The third-order valence-electron chi connectivity index (χ3n) is 4.59. The summed E-state index contributed by atoms with van der Waals surface area (Å²) in [7, 11) is 1.43. The van der Waals surface area contributed by atoms with Gasteiger partial charge in [0, 0.05) is 18.5 Å². The minimum atomic E-state index is -0.679. The maximum Gasteiger partial charge on any atom is 0.254 e. The highest BCUT2D eigenvalue weighted by molar-refractivity contribution is 6.05. The maximum atomic E-state index is 13.0. The standard InChI is InChI=1S/C21H23N3O4/c1-28-23-18-13-19(20(26)22-11-12-25)24(14-18)21(27)17-9-7-16(8-10-17)15-5-3-2-4-6-15/h2-10,19,25H,11-14H2,1H3,(H,22,26)/t19-/m0/s1. The number of hydrogen-bond acceptors (Lipinski definition) is 5. The van der Waals surface area contributed by atoms with Crippen LogP contribution in [0.15, 0.2) is 59.8 Å². The van der Waals surface area contributed by atoms with Crippen LogP contribution in [0, 0.1) is 0 Å². The first-order valence-electron chi connectivity index (χ1n) is 9.08. The molecule has 0 aliphatic carbocycles. The number of benzene rings is 2. The van der Waals surface area contributed by atoms with Crippen LogP contribution in [0.3, 0.4) is 0 Å². The zero-order chi connectivity index (χ0) is 19.9. The molecule has 0 aromatic heterocycles. The van der Waals surface area contributed by atoms with Gasteiger partial charge in [-0.1, -0.05) is 47.6 Å². The van der Waals surface area contributed by atoms with Crippen LogP contribution in [0.5, 0.6) is 0 Å². The van der Waals surface area contributed by atoms with Crippen LogP contribution in [0.4, 0.5) is 0 Å². The van der Waals surface area contributed by atoms with Gasteiger partial charge in [0.2, 0.25) is 5.91 Å². The molecular formula is C21H23N3O4. The van der Waals surface area contributed by atoms with Gasteiger partial charge in [0.15, 0.2) is 0 Å². The second-order valence-electron chi connectivity index (χ2n) is 6.45. The molecule has 1 aliphatic rings. The number of oxime groups is 1. The zero-order valence-corrected chi connectivity index (χ0v) is 15.7. The molecule has 1 atom stereocenters. The Kier molecular flexibility index (Phi) is 6.39. The number of aliphatic hydroxyl groups is 1. The van der Waals surface area contributed by atoms with E-state index in [1.165, 1.54) is 12.0 Å². The summed E-state index contributed by atoms with van der Waals surface area (Å²) in [6, 6.07) is 16.5. The van der Waals surface area contributed by atoms with Crippen molar-refractivity contribution in [1.29, 1.82) is 0 Å². The second-order valence-corrected chi connectivity index (χ2v) is 6.45. The first-order valence-corrected chi connectivity index (χ1v) is 9.08. The van der Waals surface area contributed by atoms with Crippen LogP contribution in [-0.4, -0.2) is 60.4 Å². The fourth-order valence-corrected chi connectivity index (χ4v) is 3.25. The maximum absolute atomic E-state index is 13.0. The second kappa shape index (κ2) is 9.14. The summed E-state index contributed by atoms with van der Waals surface area (Å²) >= 11 is 0. The van der Waals surface area contributed by atoms with Crippen molar-refractivity contribution in [3.8, 4) is 11.1 Å². The lowest BCUT2D eigenvalue weighted by Crippen LogP contribution is -2.46. The van der Waals surface area contributed by atoms with Crippen molar-refractivity contribution in [2.24, 2.45) is 5.16 Å². The lowest BCUT2D eigenvalue weighted by Gasteiger charge is -2.23. The minimum Gasteiger partial charge on any atom is -0.399 e. The Morgan fingerprint density at radius 2 is 1.82 bits per heavy atom. The first-order chi connectivity index (χ1) is 13.6. The highest BCUT2D eigenvalue weighted by Gasteiger charge is 2.38. The highest BCUT2D eigenvalue weighted by atomic mass is 16.6. The van der Waals surface area contributed by atoms with Crippen molar-refractivity contribution in [2.45, 2.75) is 12.5 Å². The third kappa shape index (κ3) is 4.37. The average Bonchev–Trinajstić information content (AvgIpc) is 3.16. The van der Waals surface area contributed by atoms with Crippen LogP contribution in [0.2, 0.25) is 0 Å². The van der Waals surface area contributed by atoms with Crippen molar-refractivity contribution in [2.75, 3.05) is 26.8 Å². The van der Waals surface area contributed by atoms with Crippen molar-refractivity contribution in [1.82, 2.24) is 10.2 Å². The first kappa shape index (κ1) is 19.6. The molecule has 0 spiro atoms. The summed E-state index contributed by atoms with van der Waals surface area (Å²) in [5.41, 5.74) is 3.20. The Labute approximate surface area is 163 Å². The molecule has 1 heterocycles. The Hall–Kier alpha value is -3.19. The van der Waals surface area contributed by atoms with Crippen LogP contribution in [-0.2, 0) is 9.63 Å². The number of amides is 2. The minimum absolute atomic E-state index is 0.139. The molecule has 2 aromatic carbocycles. The van der Waals surface area contributed by atoms with Gasteiger partial charge < -0.3 is 20.2 Å². The molecule has 28 heavy (non-hydrogen) atoms. The van der Waals surface area contributed by atoms with E-state index in [1.807, 2.05) is 42.5 Å². The zero-order valence-electron chi connectivity index (χ0n) is 15.7. The smallest absolute Gasteiger partial charge is 0.254 e. The van der Waals surface area contributed by atoms with E-state index in [9.17, 15) is 9.59 Å². The van der Waals surface area contributed by atoms with E-state index in [4.69, 9.17) is 9.94 Å². The average molecular weight is 381 g/mol. The highest BCUT2D eigenvalue weighted by Crippen LogP contribution is 2.23. The molecule has 146 valence electrons. The van der Waals surface area contributed by atoms with Gasteiger partial charge in [-0.15, -0.1) is 0 Å². The number of hydrogen-bond donors (Lipinski definition) is 2. The van der Waals surface area contributed by atoms with Crippen LogP contribution < -0.4 is 5.32 Å². The molecule has 0 saturated carbocycles. The topological polar surface area (TPSA) is 91.2 Å². The van der Waals surface area contributed by atoms with Gasteiger partial charge in [-0.25, -0.2) is 0 Å². The predicted octanol–water partition coefficient (Wildman–Crippen LogP) is 1.68. The lowest BCUT2D eigenvalue weighted by atomic mass is 10.0. The van der Waals surface area contributed by atoms with Gasteiger partial charge in [-0.2, -0.15) is 0 Å². The van der Waals surface area contributed by atoms with E-state index in [1.54, 1.807) is 12.1 Å². The van der Waals surface area contributed by atoms with Crippen molar-refractivity contribution < 1.29 is 19.5 Å². The molecule has 2 N–H and O–H groups in total. The summed E-state index contributed by atoms with van der Waals surface area (Å²) in [6.45, 7) is 0.205. The largest absolute Gasteiger partial charge is 0.399 e. The number of nitrogens with one attached hydrogen (secondary N) is 1. The van der Waals surface area contributed by atoms with Gasteiger partial charge in [-0.3, -0.25) is 9.59 Å². The van der Waals surface area contributed by atoms with Gasteiger partial charge in [-0.05, 0) is 23.3 Å². The monoisotopic (exact) mass is 381 g/mol. The van der Waals surface area contributed by atoms with Crippen molar-refractivity contribution in [3.05, 3.63) is 60.2 Å². The summed E-state index contributed by atoms with van der Waals surface area (Å²) in [5, 5.41) is 15.5. The molecule has 1 fully saturated rings. The molecule has 0 bridgehead atoms. The molecule has 0 radical (unpaired) electrons. The van der Waals surface area contributed by atoms with Crippen molar-refractivity contribution >= 4 is 17.5 Å².